The number of carbonyl (C=O) groups is 1. The number of thioether (sulfide) groups is 1. The van der Waals surface area contributed by atoms with Crippen LogP contribution in [-0.2, 0) is 0 Å². The fraction of sp³-hybridized carbons (Fsp3) is 0.222. The zero-order chi connectivity index (χ0) is 11.6. The van der Waals surface area contributed by atoms with Crippen LogP contribution in [0.5, 0.6) is 0 Å². The van der Waals surface area contributed by atoms with E-state index in [0.29, 0.717) is 5.02 Å². The Morgan fingerprint density at radius 3 is 2.47 bits per heavy atom. The van der Waals surface area contributed by atoms with Crippen molar-refractivity contribution in [1.29, 1.82) is 0 Å². The van der Waals surface area contributed by atoms with Crippen LogP contribution < -0.4 is 0 Å². The maximum atomic E-state index is 13.0. The number of Topliss-reactive ketones (excluding diaryl/α,β-unsaturated/α-hetero) is 1. The average Bonchev–Trinajstić information content (AvgIpc) is 2.17. The molecule has 1 nitrogen and oxygen atoms in total. The second-order valence-electron chi connectivity index (χ2n) is 2.67. The van der Waals surface area contributed by atoms with Gasteiger partial charge in [0.05, 0.1) is 5.02 Å². The maximum Gasteiger partial charge on any atom is 0.355 e. The first-order chi connectivity index (χ1) is 6.88. The summed E-state index contributed by atoms with van der Waals surface area (Å²) in [5.74, 6) is -1.31. The van der Waals surface area contributed by atoms with Crippen LogP contribution in [-0.4, -0.2) is 17.3 Å². The smallest absolute Gasteiger partial charge is 0.286 e. The van der Waals surface area contributed by atoms with Crippen molar-refractivity contribution in [2.24, 2.45) is 0 Å². The Kier molecular flexibility index (Phi) is 3.98. The summed E-state index contributed by atoms with van der Waals surface area (Å²) in [5, 5.41) is -3.23. The minimum absolute atomic E-state index is 0.0683. The molecule has 0 bridgehead atoms. The summed E-state index contributed by atoms with van der Waals surface area (Å²) in [6, 6.07) is 3.79. The van der Waals surface area contributed by atoms with Crippen molar-refractivity contribution in [2.45, 2.75) is 5.25 Å². The van der Waals surface area contributed by atoms with E-state index >= 15 is 0 Å². The summed E-state index contributed by atoms with van der Waals surface area (Å²) >= 11 is 11.4. The third kappa shape index (κ3) is 2.83. The van der Waals surface area contributed by atoms with Gasteiger partial charge in [0, 0.05) is 10.6 Å². The van der Waals surface area contributed by atoms with Gasteiger partial charge in [0.25, 0.3) is 0 Å². The molecule has 0 aliphatic rings. The molecule has 0 amide bonds. The van der Waals surface area contributed by atoms with Gasteiger partial charge in [0.2, 0.25) is 5.78 Å². The zero-order valence-corrected chi connectivity index (χ0v) is 9.89. The predicted molar refractivity (Wildman–Crippen MR) is 59.3 cm³/mol. The quantitative estimate of drug-likeness (QED) is 0.769. The summed E-state index contributed by atoms with van der Waals surface area (Å²) in [5.41, 5.74) is -0.222. The Hall–Kier alpha value is -0.320. The van der Waals surface area contributed by atoms with E-state index in [1.807, 2.05) is 0 Å². The Morgan fingerprint density at radius 2 is 2.00 bits per heavy atom. The molecule has 6 heteroatoms. The standard InChI is InChI=1S/C9H6Cl2F2OS/c1-15-9(12,13)8(14)6-3-2-5(10)4-7(6)11/h2-4H,1H3. The highest BCUT2D eigenvalue weighted by Gasteiger charge is 2.39. The number of benzene rings is 1. The van der Waals surface area contributed by atoms with Crippen LogP contribution in [0.15, 0.2) is 18.2 Å². The van der Waals surface area contributed by atoms with E-state index in [1.165, 1.54) is 18.2 Å². The molecule has 1 rings (SSSR count). The molecular formula is C9H6Cl2F2OS. The SMILES string of the molecule is CSC(F)(F)C(=O)c1ccc(Cl)cc1Cl. The van der Waals surface area contributed by atoms with E-state index in [-0.39, 0.29) is 22.3 Å². The van der Waals surface area contributed by atoms with E-state index < -0.39 is 11.0 Å². The molecule has 0 aliphatic heterocycles. The normalized spacial score (nSPS) is 11.5. The molecule has 0 radical (unpaired) electrons. The molecule has 0 aromatic heterocycles. The van der Waals surface area contributed by atoms with Crippen molar-refractivity contribution >= 4 is 40.7 Å². The van der Waals surface area contributed by atoms with Crippen molar-refractivity contribution in [3.05, 3.63) is 33.8 Å². The number of rotatable bonds is 3. The van der Waals surface area contributed by atoms with E-state index in [4.69, 9.17) is 23.2 Å². The van der Waals surface area contributed by atoms with E-state index in [9.17, 15) is 13.6 Å². The fourth-order valence-corrected chi connectivity index (χ4v) is 1.71. The van der Waals surface area contributed by atoms with E-state index in [0.717, 1.165) is 6.26 Å². The maximum absolute atomic E-state index is 13.0. The van der Waals surface area contributed by atoms with Crippen molar-refractivity contribution in [1.82, 2.24) is 0 Å². The van der Waals surface area contributed by atoms with Gasteiger partial charge in [-0.05, 0) is 24.5 Å². The molecule has 1 aromatic carbocycles. The summed E-state index contributed by atoms with van der Waals surface area (Å²) in [6.45, 7) is 0. The second kappa shape index (κ2) is 4.68. The Morgan fingerprint density at radius 1 is 1.40 bits per heavy atom. The molecule has 1 aromatic rings. The molecule has 82 valence electrons. The molecule has 0 heterocycles. The number of hydrogen-bond donors (Lipinski definition) is 0. The van der Waals surface area contributed by atoms with Crippen LogP contribution in [0, 0.1) is 0 Å². The van der Waals surface area contributed by atoms with Gasteiger partial charge in [-0.25, -0.2) is 0 Å². The molecule has 0 saturated heterocycles. The van der Waals surface area contributed by atoms with Crippen molar-refractivity contribution in [2.75, 3.05) is 6.26 Å². The average molecular weight is 271 g/mol. The molecule has 0 atom stereocenters. The highest BCUT2D eigenvalue weighted by molar-refractivity contribution is 8.00. The predicted octanol–water partition coefficient (Wildman–Crippen LogP) is 4.13. The van der Waals surface area contributed by atoms with Crippen molar-refractivity contribution in [3.8, 4) is 0 Å². The van der Waals surface area contributed by atoms with Crippen LogP contribution in [0.2, 0.25) is 10.0 Å². The highest BCUT2D eigenvalue weighted by Crippen LogP contribution is 2.33. The van der Waals surface area contributed by atoms with Crippen LogP contribution in [0.1, 0.15) is 10.4 Å². The van der Waals surface area contributed by atoms with Gasteiger partial charge < -0.3 is 0 Å². The first kappa shape index (κ1) is 12.7. The molecule has 0 fully saturated rings. The summed E-state index contributed by atoms with van der Waals surface area (Å²) < 4.78 is 26.1. The minimum Gasteiger partial charge on any atom is -0.286 e. The molecular weight excluding hydrogens is 265 g/mol. The highest BCUT2D eigenvalue weighted by atomic mass is 35.5. The summed E-state index contributed by atoms with van der Waals surface area (Å²) in [4.78, 5) is 11.3. The largest absolute Gasteiger partial charge is 0.355 e. The first-order valence-electron chi connectivity index (χ1n) is 3.81. The molecule has 0 spiro atoms. The van der Waals surface area contributed by atoms with Gasteiger partial charge in [-0.15, -0.1) is 0 Å². The number of alkyl halides is 2. The van der Waals surface area contributed by atoms with Crippen LogP contribution in [0.3, 0.4) is 0 Å². The van der Waals surface area contributed by atoms with Crippen LogP contribution in [0.4, 0.5) is 8.78 Å². The van der Waals surface area contributed by atoms with Crippen LogP contribution in [0.25, 0.3) is 0 Å². The van der Waals surface area contributed by atoms with Gasteiger partial charge in [-0.2, -0.15) is 8.78 Å². The number of ketones is 1. The van der Waals surface area contributed by atoms with Gasteiger partial charge in [-0.1, -0.05) is 35.0 Å². The molecule has 0 aliphatic carbocycles. The topological polar surface area (TPSA) is 17.1 Å². The first-order valence-corrected chi connectivity index (χ1v) is 5.79. The summed E-state index contributed by atoms with van der Waals surface area (Å²) in [7, 11) is 0. The van der Waals surface area contributed by atoms with Crippen LogP contribution >= 0.6 is 35.0 Å². The monoisotopic (exact) mass is 270 g/mol. The molecule has 0 unspecified atom stereocenters. The minimum atomic E-state index is -3.46. The summed E-state index contributed by atoms with van der Waals surface area (Å²) in [6.07, 6.45) is 1.15. The Balaban J connectivity index is 3.12. The zero-order valence-electron chi connectivity index (χ0n) is 7.56. The van der Waals surface area contributed by atoms with Gasteiger partial charge in [0.15, 0.2) is 0 Å². The Labute approximate surface area is 99.7 Å². The van der Waals surface area contributed by atoms with E-state index in [1.54, 1.807) is 0 Å². The third-order valence-electron chi connectivity index (χ3n) is 1.70. The second-order valence-corrected chi connectivity index (χ2v) is 4.44. The number of carbonyl (C=O) groups excluding carboxylic acids is 1. The lowest BCUT2D eigenvalue weighted by Crippen LogP contribution is -2.24. The molecule has 0 saturated carbocycles. The molecule has 0 N–H and O–H groups in total. The van der Waals surface area contributed by atoms with Crippen molar-refractivity contribution < 1.29 is 13.6 Å². The lowest BCUT2D eigenvalue weighted by molar-refractivity contribution is 0.0568. The van der Waals surface area contributed by atoms with Gasteiger partial charge in [-0.3, -0.25) is 4.79 Å². The van der Waals surface area contributed by atoms with Crippen molar-refractivity contribution in [3.63, 3.8) is 0 Å². The Bertz CT molecular complexity index is 396. The number of hydrogen-bond acceptors (Lipinski definition) is 2. The number of halogens is 4. The van der Waals surface area contributed by atoms with E-state index in [2.05, 4.69) is 0 Å². The fourth-order valence-electron chi connectivity index (χ4n) is 0.923. The van der Waals surface area contributed by atoms with Gasteiger partial charge in [0.1, 0.15) is 0 Å². The lowest BCUT2D eigenvalue weighted by Gasteiger charge is -2.12. The third-order valence-corrected chi connectivity index (χ3v) is 2.94. The lowest BCUT2D eigenvalue weighted by atomic mass is 10.1. The van der Waals surface area contributed by atoms with Gasteiger partial charge >= 0.3 is 5.25 Å². The molecule has 15 heavy (non-hydrogen) atoms.